The van der Waals surface area contributed by atoms with E-state index in [0.717, 1.165) is 0 Å². The molecule has 0 amide bonds. The van der Waals surface area contributed by atoms with Gasteiger partial charge in [-0.2, -0.15) is 0 Å². The Balaban J connectivity index is 2.23. The highest BCUT2D eigenvalue weighted by molar-refractivity contribution is 6.35. The van der Waals surface area contributed by atoms with Crippen LogP contribution in [0, 0.1) is 5.92 Å². The Morgan fingerprint density at radius 3 is 2.50 bits per heavy atom. The fourth-order valence-electron chi connectivity index (χ4n) is 3.31. The van der Waals surface area contributed by atoms with Gasteiger partial charge in [0.1, 0.15) is 5.02 Å². The molecule has 1 aromatic carbocycles. The van der Waals surface area contributed by atoms with Crippen molar-refractivity contribution in [1.29, 1.82) is 0 Å². The molecular formula is C17H17ClO6. The second kappa shape index (κ2) is 5.70. The van der Waals surface area contributed by atoms with E-state index in [9.17, 15) is 9.59 Å². The molecule has 1 unspecified atom stereocenters. The van der Waals surface area contributed by atoms with Gasteiger partial charge in [-0.1, -0.05) is 18.5 Å². The number of ether oxygens (including phenoxy) is 4. The largest absolute Gasteiger partial charge is 0.496 e. The van der Waals surface area contributed by atoms with Gasteiger partial charge < -0.3 is 18.9 Å². The number of Topliss-reactive ketones (excluding diaryl/α,β-unsaturated/α-hetero) is 1. The quantitative estimate of drug-likeness (QED) is 0.833. The minimum Gasteiger partial charge on any atom is -0.496 e. The Kier molecular flexibility index (Phi) is 3.95. The SMILES string of the molecule is COC1=CC(=O)C[C@@H](C)C12Oc1c(cc(OC)c(OC)c1Cl)C2=O. The summed E-state index contributed by atoms with van der Waals surface area (Å²) in [5.41, 5.74) is -1.12. The molecule has 2 atom stereocenters. The van der Waals surface area contributed by atoms with E-state index in [2.05, 4.69) is 0 Å². The van der Waals surface area contributed by atoms with Crippen LogP contribution in [0.1, 0.15) is 23.7 Å². The number of ketones is 2. The number of allylic oxidation sites excluding steroid dienone is 1. The molecular weight excluding hydrogens is 336 g/mol. The van der Waals surface area contributed by atoms with Gasteiger partial charge in [0.25, 0.3) is 0 Å². The van der Waals surface area contributed by atoms with Crippen molar-refractivity contribution in [3.8, 4) is 17.2 Å². The minimum atomic E-state index is -1.40. The van der Waals surface area contributed by atoms with Crippen molar-refractivity contribution in [3.63, 3.8) is 0 Å². The van der Waals surface area contributed by atoms with E-state index in [1.165, 1.54) is 33.5 Å². The van der Waals surface area contributed by atoms with Gasteiger partial charge in [-0.3, -0.25) is 9.59 Å². The maximum Gasteiger partial charge on any atom is 0.231 e. The fraction of sp³-hybridized carbons (Fsp3) is 0.412. The highest BCUT2D eigenvalue weighted by Gasteiger charge is 2.59. The number of carbonyl (C=O) groups is 2. The normalized spacial score (nSPS) is 25.2. The van der Waals surface area contributed by atoms with E-state index in [-0.39, 0.29) is 45.8 Å². The summed E-state index contributed by atoms with van der Waals surface area (Å²) in [5, 5.41) is 0.150. The molecule has 0 radical (unpaired) electrons. The maximum absolute atomic E-state index is 13.2. The van der Waals surface area contributed by atoms with Gasteiger partial charge in [-0.25, -0.2) is 0 Å². The molecule has 1 heterocycles. The van der Waals surface area contributed by atoms with Gasteiger partial charge >= 0.3 is 0 Å². The molecule has 3 rings (SSSR count). The van der Waals surface area contributed by atoms with Crippen LogP contribution in [-0.2, 0) is 9.53 Å². The summed E-state index contributed by atoms with van der Waals surface area (Å²) in [6, 6.07) is 1.54. The lowest BCUT2D eigenvalue weighted by atomic mass is 9.75. The second-order valence-electron chi connectivity index (χ2n) is 5.75. The van der Waals surface area contributed by atoms with Gasteiger partial charge in [-0.15, -0.1) is 0 Å². The number of carbonyl (C=O) groups excluding carboxylic acids is 2. The summed E-state index contributed by atoms with van der Waals surface area (Å²) in [6.45, 7) is 1.77. The van der Waals surface area contributed by atoms with Crippen molar-refractivity contribution in [2.75, 3.05) is 21.3 Å². The summed E-state index contributed by atoms with van der Waals surface area (Å²) in [5.74, 6) is 0.179. The lowest BCUT2D eigenvalue weighted by molar-refractivity contribution is -0.118. The lowest BCUT2D eigenvalue weighted by Gasteiger charge is -2.36. The Morgan fingerprint density at radius 2 is 1.92 bits per heavy atom. The van der Waals surface area contributed by atoms with Gasteiger partial charge in [0.05, 0.1) is 26.9 Å². The van der Waals surface area contributed by atoms with Gasteiger partial charge in [0.2, 0.25) is 11.4 Å². The molecule has 6 nitrogen and oxygen atoms in total. The molecule has 0 bridgehead atoms. The number of halogens is 1. The van der Waals surface area contributed by atoms with Crippen LogP contribution < -0.4 is 14.2 Å². The molecule has 0 N–H and O–H groups in total. The molecule has 128 valence electrons. The van der Waals surface area contributed by atoms with Crippen LogP contribution in [0.5, 0.6) is 17.2 Å². The molecule has 0 aromatic heterocycles. The zero-order chi connectivity index (χ0) is 17.6. The van der Waals surface area contributed by atoms with Crippen LogP contribution in [0.2, 0.25) is 5.02 Å². The van der Waals surface area contributed by atoms with Crippen molar-refractivity contribution in [2.24, 2.45) is 5.92 Å². The first-order chi connectivity index (χ1) is 11.4. The zero-order valence-electron chi connectivity index (χ0n) is 13.8. The van der Waals surface area contributed by atoms with E-state index in [1.54, 1.807) is 6.92 Å². The van der Waals surface area contributed by atoms with E-state index < -0.39 is 11.5 Å². The molecule has 1 aliphatic carbocycles. The topological polar surface area (TPSA) is 71.1 Å². The van der Waals surface area contributed by atoms with Crippen molar-refractivity contribution >= 4 is 23.2 Å². The number of hydrogen-bond donors (Lipinski definition) is 0. The number of methoxy groups -OCH3 is 3. The standard InChI is InChI=1S/C17H17ClO6/c1-8-5-9(19)6-12(22-3)17(8)16(20)10-7-11(21-2)15(23-4)13(18)14(10)24-17/h6-8H,5H2,1-4H3/t8-,17?/m1/s1. The smallest absolute Gasteiger partial charge is 0.231 e. The van der Waals surface area contributed by atoms with Crippen molar-refractivity contribution in [3.05, 3.63) is 28.5 Å². The molecule has 7 heteroatoms. The number of benzene rings is 1. The number of fused-ring (bicyclic) bond motifs is 1. The highest BCUT2D eigenvalue weighted by Crippen LogP contribution is 2.53. The predicted octanol–water partition coefficient (Wildman–Crippen LogP) is 2.81. The number of hydrogen-bond acceptors (Lipinski definition) is 6. The number of rotatable bonds is 3. The summed E-state index contributed by atoms with van der Waals surface area (Å²) in [7, 11) is 4.31. The van der Waals surface area contributed by atoms with Crippen molar-refractivity contribution in [2.45, 2.75) is 18.9 Å². The Hall–Kier alpha value is -2.21. The van der Waals surface area contributed by atoms with Crippen LogP contribution in [-0.4, -0.2) is 38.5 Å². The Labute approximate surface area is 144 Å². The highest BCUT2D eigenvalue weighted by atomic mass is 35.5. The predicted molar refractivity (Wildman–Crippen MR) is 86.1 cm³/mol. The van der Waals surface area contributed by atoms with Gasteiger partial charge in [-0.05, 0) is 6.07 Å². The summed E-state index contributed by atoms with van der Waals surface area (Å²) in [6.07, 6.45) is 1.49. The monoisotopic (exact) mass is 352 g/mol. The molecule has 0 saturated carbocycles. The maximum atomic E-state index is 13.2. The average Bonchev–Trinajstić information content (AvgIpc) is 2.85. The second-order valence-corrected chi connectivity index (χ2v) is 6.13. The molecule has 0 saturated heterocycles. The first-order valence-corrected chi connectivity index (χ1v) is 7.75. The minimum absolute atomic E-state index is 0.112. The van der Waals surface area contributed by atoms with E-state index >= 15 is 0 Å². The summed E-state index contributed by atoms with van der Waals surface area (Å²) < 4.78 is 21.8. The van der Waals surface area contributed by atoms with Crippen molar-refractivity contribution in [1.82, 2.24) is 0 Å². The van der Waals surface area contributed by atoms with Gasteiger partial charge in [0, 0.05) is 18.4 Å². The third kappa shape index (κ3) is 2.02. The first kappa shape index (κ1) is 16.6. The average molecular weight is 353 g/mol. The van der Waals surface area contributed by atoms with Crippen LogP contribution in [0.15, 0.2) is 17.9 Å². The molecule has 1 aliphatic heterocycles. The lowest BCUT2D eigenvalue weighted by Crippen LogP contribution is -2.51. The molecule has 1 spiro atoms. The van der Waals surface area contributed by atoms with Crippen molar-refractivity contribution < 1.29 is 28.5 Å². The third-order valence-corrected chi connectivity index (χ3v) is 4.83. The third-order valence-electron chi connectivity index (χ3n) is 4.49. The van der Waals surface area contributed by atoms with Crippen LogP contribution in [0.25, 0.3) is 0 Å². The van der Waals surface area contributed by atoms with Crippen LogP contribution in [0.3, 0.4) is 0 Å². The molecule has 24 heavy (non-hydrogen) atoms. The summed E-state index contributed by atoms with van der Waals surface area (Å²) >= 11 is 6.36. The van der Waals surface area contributed by atoms with E-state index in [1.807, 2.05) is 0 Å². The van der Waals surface area contributed by atoms with Crippen LogP contribution in [0.4, 0.5) is 0 Å². The first-order valence-electron chi connectivity index (χ1n) is 7.38. The summed E-state index contributed by atoms with van der Waals surface area (Å²) in [4.78, 5) is 25.0. The molecule has 1 aromatic rings. The van der Waals surface area contributed by atoms with E-state index in [0.29, 0.717) is 5.75 Å². The van der Waals surface area contributed by atoms with E-state index in [4.69, 9.17) is 30.5 Å². The van der Waals surface area contributed by atoms with Crippen LogP contribution >= 0.6 is 11.6 Å². The zero-order valence-corrected chi connectivity index (χ0v) is 14.5. The molecule has 2 aliphatic rings. The fourth-order valence-corrected chi connectivity index (χ4v) is 3.62. The van der Waals surface area contributed by atoms with Gasteiger partial charge in [0.15, 0.2) is 28.8 Å². The molecule has 0 fully saturated rings. The Morgan fingerprint density at radius 1 is 1.21 bits per heavy atom. The Bertz CT molecular complexity index is 769.